The molecule has 40 heavy (non-hydrogen) atoms. The fourth-order valence-corrected chi connectivity index (χ4v) is 6.80. The highest BCUT2D eigenvalue weighted by Crippen LogP contribution is 2.48. The molecule has 0 N–H and O–H groups in total. The van der Waals surface area contributed by atoms with Crippen molar-refractivity contribution in [3.63, 3.8) is 0 Å². The molecule has 0 fully saturated rings. The number of fused-ring (bicyclic) bond motifs is 5. The van der Waals surface area contributed by atoms with Crippen molar-refractivity contribution >= 4 is 21.8 Å². The lowest BCUT2D eigenvalue weighted by molar-refractivity contribution is 0.630. The van der Waals surface area contributed by atoms with E-state index in [4.69, 9.17) is 0 Å². The van der Waals surface area contributed by atoms with E-state index < -0.39 is 0 Å². The molecule has 0 saturated heterocycles. The molecule has 1 aromatic heterocycles. The van der Waals surface area contributed by atoms with E-state index in [1.807, 2.05) is 0 Å². The Morgan fingerprint density at radius 2 is 1.07 bits per heavy atom. The van der Waals surface area contributed by atoms with Gasteiger partial charge in [-0.15, -0.1) is 0 Å². The summed E-state index contributed by atoms with van der Waals surface area (Å²) in [6, 6.07) is 51.1. The molecule has 1 nitrogen and oxygen atoms in total. The van der Waals surface area contributed by atoms with E-state index in [1.165, 1.54) is 72.0 Å². The number of hydrogen-bond acceptors (Lipinski definition) is 0. The van der Waals surface area contributed by atoms with Crippen LogP contribution in [0, 0.1) is 0 Å². The molecule has 1 aliphatic rings. The normalized spacial score (nSPS) is 13.4. The van der Waals surface area contributed by atoms with Crippen molar-refractivity contribution in [3.05, 3.63) is 151 Å². The van der Waals surface area contributed by atoms with Gasteiger partial charge < -0.3 is 4.57 Å². The van der Waals surface area contributed by atoms with Crippen LogP contribution < -0.4 is 0 Å². The van der Waals surface area contributed by atoms with Gasteiger partial charge in [0.2, 0.25) is 0 Å². The third-order valence-electron chi connectivity index (χ3n) is 8.80. The number of aromatic nitrogens is 1. The number of benzene rings is 6. The predicted octanol–water partition coefficient (Wildman–Crippen LogP) is 10.4. The van der Waals surface area contributed by atoms with Gasteiger partial charge in [0.25, 0.3) is 0 Å². The quantitative estimate of drug-likeness (QED) is 0.222. The predicted molar refractivity (Wildman–Crippen MR) is 169 cm³/mol. The van der Waals surface area contributed by atoms with Crippen molar-refractivity contribution in [3.8, 4) is 39.1 Å². The fourth-order valence-electron chi connectivity index (χ4n) is 6.80. The van der Waals surface area contributed by atoms with Crippen LogP contribution in [0.15, 0.2) is 140 Å². The molecule has 7 aromatic rings. The monoisotopic (exact) mass is 511 g/mol. The zero-order valence-corrected chi connectivity index (χ0v) is 22.7. The summed E-state index contributed by atoms with van der Waals surface area (Å²) in [7, 11) is 0. The van der Waals surface area contributed by atoms with Gasteiger partial charge >= 0.3 is 0 Å². The van der Waals surface area contributed by atoms with Crippen LogP contribution in [0.4, 0.5) is 0 Å². The van der Waals surface area contributed by atoms with Crippen LogP contribution in [-0.4, -0.2) is 4.57 Å². The highest BCUT2D eigenvalue weighted by Gasteiger charge is 2.34. The molecular weight excluding hydrogens is 482 g/mol. The largest absolute Gasteiger partial charge is 0.309 e. The maximum atomic E-state index is 2.48. The Kier molecular flexibility index (Phi) is 4.93. The average Bonchev–Trinajstić information content (AvgIpc) is 3.35. The van der Waals surface area contributed by atoms with Gasteiger partial charge in [-0.1, -0.05) is 129 Å². The standard InChI is InChI=1S/C39H29N/c1-39(2)34-17-9-10-19-37(34)40-36-23-21-29(25-33(36)31-16-11-18-35(39)38(31)40)28-20-22-30(26-12-5-3-6-13-26)32(24-28)27-14-7-4-8-15-27/h3-25H,1-2H3. The second kappa shape index (κ2) is 8.56. The number of hydrogen-bond donors (Lipinski definition) is 0. The van der Waals surface area contributed by atoms with Gasteiger partial charge in [0, 0.05) is 16.2 Å². The molecule has 0 bridgehead atoms. The van der Waals surface area contributed by atoms with Crippen LogP contribution in [0.2, 0.25) is 0 Å². The van der Waals surface area contributed by atoms with Crippen molar-refractivity contribution in [1.29, 1.82) is 0 Å². The molecule has 0 radical (unpaired) electrons. The number of para-hydroxylation sites is 2. The highest BCUT2D eigenvalue weighted by molar-refractivity contribution is 6.12. The van der Waals surface area contributed by atoms with Crippen molar-refractivity contribution in [2.75, 3.05) is 0 Å². The van der Waals surface area contributed by atoms with Crippen LogP contribution in [0.25, 0.3) is 60.9 Å². The van der Waals surface area contributed by atoms with Crippen LogP contribution in [-0.2, 0) is 5.41 Å². The Bertz CT molecular complexity index is 2060. The molecule has 1 heteroatoms. The molecule has 0 aliphatic carbocycles. The summed E-state index contributed by atoms with van der Waals surface area (Å²) < 4.78 is 2.48. The zero-order valence-electron chi connectivity index (χ0n) is 22.7. The molecule has 6 aromatic carbocycles. The summed E-state index contributed by atoms with van der Waals surface area (Å²) in [5, 5.41) is 2.62. The van der Waals surface area contributed by atoms with E-state index in [9.17, 15) is 0 Å². The minimum Gasteiger partial charge on any atom is -0.309 e. The highest BCUT2D eigenvalue weighted by atomic mass is 15.0. The van der Waals surface area contributed by atoms with Gasteiger partial charge in [0.05, 0.1) is 16.7 Å². The molecule has 0 amide bonds. The number of rotatable bonds is 3. The summed E-state index contributed by atoms with van der Waals surface area (Å²) >= 11 is 0. The smallest absolute Gasteiger partial charge is 0.0582 e. The summed E-state index contributed by atoms with van der Waals surface area (Å²) in [4.78, 5) is 0. The third kappa shape index (κ3) is 3.28. The molecule has 8 rings (SSSR count). The lowest BCUT2D eigenvalue weighted by atomic mass is 9.75. The van der Waals surface area contributed by atoms with E-state index in [0.717, 1.165) is 0 Å². The van der Waals surface area contributed by atoms with Crippen LogP contribution in [0.5, 0.6) is 0 Å². The molecule has 190 valence electrons. The first-order chi connectivity index (χ1) is 19.6. The Balaban J connectivity index is 1.37. The Morgan fingerprint density at radius 3 is 1.85 bits per heavy atom. The Morgan fingerprint density at radius 1 is 0.450 bits per heavy atom. The lowest BCUT2D eigenvalue weighted by Crippen LogP contribution is -2.26. The fraction of sp³-hybridized carbons (Fsp3) is 0.0769. The molecule has 0 unspecified atom stereocenters. The maximum absolute atomic E-state index is 2.48. The van der Waals surface area contributed by atoms with E-state index in [2.05, 4.69) is 158 Å². The van der Waals surface area contributed by atoms with Crippen molar-refractivity contribution in [2.45, 2.75) is 19.3 Å². The van der Waals surface area contributed by atoms with Gasteiger partial charge in [0.15, 0.2) is 0 Å². The number of nitrogens with zero attached hydrogens (tertiary/aromatic N) is 1. The first kappa shape index (κ1) is 23.0. The summed E-state index contributed by atoms with van der Waals surface area (Å²) in [6.07, 6.45) is 0. The van der Waals surface area contributed by atoms with Crippen LogP contribution in [0.1, 0.15) is 25.0 Å². The first-order valence-corrected chi connectivity index (χ1v) is 14.0. The van der Waals surface area contributed by atoms with Crippen LogP contribution >= 0.6 is 0 Å². The summed E-state index contributed by atoms with van der Waals surface area (Å²) in [5.41, 5.74) is 14.0. The van der Waals surface area contributed by atoms with E-state index >= 15 is 0 Å². The molecule has 0 saturated carbocycles. The van der Waals surface area contributed by atoms with Gasteiger partial charge in [-0.3, -0.25) is 0 Å². The van der Waals surface area contributed by atoms with Gasteiger partial charge in [-0.2, -0.15) is 0 Å². The first-order valence-electron chi connectivity index (χ1n) is 14.0. The Hall–Kier alpha value is -4.88. The average molecular weight is 512 g/mol. The third-order valence-corrected chi connectivity index (χ3v) is 8.80. The van der Waals surface area contributed by atoms with Crippen LogP contribution in [0.3, 0.4) is 0 Å². The molecular formula is C39H29N. The maximum Gasteiger partial charge on any atom is 0.0582 e. The van der Waals surface area contributed by atoms with Gasteiger partial charge in [0.1, 0.15) is 0 Å². The molecule has 0 atom stereocenters. The topological polar surface area (TPSA) is 4.93 Å². The summed E-state index contributed by atoms with van der Waals surface area (Å²) in [6.45, 7) is 4.71. The zero-order chi connectivity index (χ0) is 26.8. The minimum atomic E-state index is -0.0544. The second-order valence-electron chi connectivity index (χ2n) is 11.4. The van der Waals surface area contributed by atoms with Gasteiger partial charge in [-0.05, 0) is 68.8 Å². The van der Waals surface area contributed by atoms with Crippen molar-refractivity contribution in [1.82, 2.24) is 4.57 Å². The van der Waals surface area contributed by atoms with Crippen molar-refractivity contribution < 1.29 is 0 Å². The van der Waals surface area contributed by atoms with E-state index in [-0.39, 0.29) is 5.41 Å². The lowest BCUT2D eigenvalue weighted by Gasteiger charge is -2.34. The minimum absolute atomic E-state index is 0.0544. The van der Waals surface area contributed by atoms with Gasteiger partial charge in [-0.25, -0.2) is 0 Å². The van der Waals surface area contributed by atoms with E-state index in [0.29, 0.717) is 0 Å². The van der Waals surface area contributed by atoms with Crippen molar-refractivity contribution in [2.24, 2.45) is 0 Å². The second-order valence-corrected chi connectivity index (χ2v) is 11.4. The SMILES string of the molecule is CC1(C)c2ccccc2-n2c3ccc(-c4ccc(-c5ccccc5)c(-c5ccccc5)c4)cc3c3cccc1c32. The Labute approximate surface area is 235 Å². The summed E-state index contributed by atoms with van der Waals surface area (Å²) in [5.74, 6) is 0. The molecule has 0 spiro atoms. The molecule has 2 heterocycles. The molecule has 1 aliphatic heterocycles. The van der Waals surface area contributed by atoms with E-state index in [1.54, 1.807) is 0 Å².